The van der Waals surface area contributed by atoms with E-state index in [4.69, 9.17) is 4.74 Å². The molecular weight excluding hydrogens is 333 g/mol. The lowest BCUT2D eigenvalue weighted by Crippen LogP contribution is -2.21. The summed E-state index contributed by atoms with van der Waals surface area (Å²) in [4.78, 5) is 23.8. The van der Waals surface area contributed by atoms with Crippen LogP contribution in [0.4, 0.5) is 10.1 Å². The zero-order valence-electron chi connectivity index (χ0n) is 14.9. The molecule has 0 aliphatic carbocycles. The Balaban J connectivity index is 1.93. The summed E-state index contributed by atoms with van der Waals surface area (Å²) in [6.07, 6.45) is 3.99. The van der Waals surface area contributed by atoms with Crippen LogP contribution in [0.2, 0.25) is 0 Å². The van der Waals surface area contributed by atoms with Gasteiger partial charge in [-0.05, 0) is 36.1 Å². The standard InChI is InChI=1S/C21H22FNO3/c1-3-15-9-7-10-16(4-2)21(15)23-19(24)14-26-20(25)13-12-17-8-5-6-11-18(17)22/h5-13H,3-4,14H2,1-2H3,(H,23,24)/b13-12+. The maximum atomic E-state index is 13.5. The molecular formula is C21H22FNO3. The molecule has 0 bridgehead atoms. The normalized spacial score (nSPS) is 10.7. The fourth-order valence-electron chi connectivity index (χ4n) is 2.53. The molecule has 0 heterocycles. The van der Waals surface area contributed by atoms with Crippen LogP contribution in [0.25, 0.3) is 6.08 Å². The van der Waals surface area contributed by atoms with Gasteiger partial charge in [0, 0.05) is 17.3 Å². The van der Waals surface area contributed by atoms with Crippen molar-refractivity contribution in [2.24, 2.45) is 0 Å². The Kier molecular flexibility index (Phi) is 7.09. The van der Waals surface area contributed by atoms with E-state index in [0.717, 1.165) is 35.7 Å². The average molecular weight is 355 g/mol. The number of para-hydroxylation sites is 1. The third kappa shape index (κ3) is 5.28. The van der Waals surface area contributed by atoms with Gasteiger partial charge in [-0.3, -0.25) is 4.79 Å². The highest BCUT2D eigenvalue weighted by atomic mass is 19.1. The lowest BCUT2D eigenvalue weighted by molar-refractivity contribution is -0.142. The molecule has 2 aromatic rings. The summed E-state index contributed by atoms with van der Waals surface area (Å²) in [5.41, 5.74) is 3.12. The van der Waals surface area contributed by atoms with Gasteiger partial charge in [0.25, 0.3) is 5.91 Å². The Morgan fingerprint density at radius 2 is 1.69 bits per heavy atom. The molecule has 0 radical (unpaired) electrons. The summed E-state index contributed by atoms with van der Waals surface area (Å²) >= 11 is 0. The highest BCUT2D eigenvalue weighted by Gasteiger charge is 2.11. The number of hydrogen-bond acceptors (Lipinski definition) is 3. The van der Waals surface area contributed by atoms with Crippen molar-refractivity contribution in [2.75, 3.05) is 11.9 Å². The van der Waals surface area contributed by atoms with Crippen molar-refractivity contribution < 1.29 is 18.7 Å². The van der Waals surface area contributed by atoms with Gasteiger partial charge in [-0.2, -0.15) is 0 Å². The molecule has 2 aromatic carbocycles. The zero-order valence-corrected chi connectivity index (χ0v) is 14.9. The topological polar surface area (TPSA) is 55.4 Å². The molecule has 0 saturated heterocycles. The molecule has 1 N–H and O–H groups in total. The molecule has 4 nitrogen and oxygen atoms in total. The molecule has 0 spiro atoms. The van der Waals surface area contributed by atoms with E-state index in [-0.39, 0.29) is 5.56 Å². The summed E-state index contributed by atoms with van der Waals surface area (Å²) in [5.74, 6) is -1.55. The van der Waals surface area contributed by atoms with Crippen LogP contribution in [0.5, 0.6) is 0 Å². The van der Waals surface area contributed by atoms with Gasteiger partial charge in [-0.15, -0.1) is 0 Å². The van der Waals surface area contributed by atoms with Gasteiger partial charge in [0.05, 0.1) is 0 Å². The van der Waals surface area contributed by atoms with Crippen LogP contribution in [0, 0.1) is 5.82 Å². The lowest BCUT2D eigenvalue weighted by Gasteiger charge is -2.14. The molecule has 136 valence electrons. The highest BCUT2D eigenvalue weighted by molar-refractivity contribution is 5.95. The van der Waals surface area contributed by atoms with Crippen LogP contribution in [0.1, 0.15) is 30.5 Å². The monoisotopic (exact) mass is 355 g/mol. The summed E-state index contributed by atoms with van der Waals surface area (Å²) < 4.78 is 18.4. The molecule has 5 heteroatoms. The smallest absolute Gasteiger partial charge is 0.331 e. The van der Waals surface area contributed by atoms with Gasteiger partial charge in [0.1, 0.15) is 5.82 Å². The average Bonchev–Trinajstić information content (AvgIpc) is 2.65. The number of carbonyl (C=O) groups excluding carboxylic acids is 2. The second kappa shape index (κ2) is 9.51. The quantitative estimate of drug-likeness (QED) is 0.600. The third-order valence-electron chi connectivity index (χ3n) is 3.91. The van der Waals surface area contributed by atoms with Gasteiger partial charge in [0.2, 0.25) is 0 Å². The summed E-state index contributed by atoms with van der Waals surface area (Å²) in [7, 11) is 0. The molecule has 0 aliphatic rings. The third-order valence-corrected chi connectivity index (χ3v) is 3.91. The first-order valence-electron chi connectivity index (χ1n) is 8.55. The Morgan fingerprint density at radius 3 is 2.31 bits per heavy atom. The maximum absolute atomic E-state index is 13.5. The molecule has 26 heavy (non-hydrogen) atoms. The molecule has 0 unspecified atom stereocenters. The molecule has 0 aliphatic heterocycles. The van der Waals surface area contributed by atoms with Crippen molar-refractivity contribution in [2.45, 2.75) is 26.7 Å². The van der Waals surface area contributed by atoms with Crippen molar-refractivity contribution in [1.29, 1.82) is 0 Å². The lowest BCUT2D eigenvalue weighted by atomic mass is 10.0. The minimum atomic E-state index is -0.706. The van der Waals surface area contributed by atoms with E-state index in [1.165, 1.54) is 12.1 Å². The first-order valence-corrected chi connectivity index (χ1v) is 8.55. The van der Waals surface area contributed by atoms with Crippen LogP contribution < -0.4 is 5.32 Å². The fourth-order valence-corrected chi connectivity index (χ4v) is 2.53. The minimum absolute atomic E-state index is 0.276. The predicted molar refractivity (Wildman–Crippen MR) is 100 cm³/mol. The van der Waals surface area contributed by atoms with E-state index in [0.29, 0.717) is 0 Å². The number of ether oxygens (including phenoxy) is 1. The Hall–Kier alpha value is -2.95. The van der Waals surface area contributed by atoms with Gasteiger partial charge < -0.3 is 10.1 Å². The highest BCUT2D eigenvalue weighted by Crippen LogP contribution is 2.22. The number of esters is 1. The number of aryl methyl sites for hydroxylation is 2. The number of halogens is 1. The molecule has 0 aromatic heterocycles. The van der Waals surface area contributed by atoms with Crippen LogP contribution in [-0.2, 0) is 27.2 Å². The number of anilines is 1. The number of hydrogen-bond donors (Lipinski definition) is 1. The van der Waals surface area contributed by atoms with Crippen LogP contribution in [0.15, 0.2) is 48.5 Å². The van der Waals surface area contributed by atoms with Crippen molar-refractivity contribution in [3.63, 3.8) is 0 Å². The summed E-state index contributed by atoms with van der Waals surface area (Å²) in [6, 6.07) is 11.9. The summed E-state index contributed by atoms with van der Waals surface area (Å²) in [5, 5.41) is 2.82. The van der Waals surface area contributed by atoms with E-state index in [2.05, 4.69) is 5.32 Å². The van der Waals surface area contributed by atoms with E-state index in [1.807, 2.05) is 32.0 Å². The first kappa shape index (κ1) is 19.4. The van der Waals surface area contributed by atoms with Crippen LogP contribution >= 0.6 is 0 Å². The molecule has 1 amide bonds. The second-order valence-electron chi connectivity index (χ2n) is 5.67. The van der Waals surface area contributed by atoms with Crippen molar-refractivity contribution >= 4 is 23.6 Å². The largest absolute Gasteiger partial charge is 0.452 e. The second-order valence-corrected chi connectivity index (χ2v) is 5.67. The van der Waals surface area contributed by atoms with Crippen LogP contribution in [0.3, 0.4) is 0 Å². The minimum Gasteiger partial charge on any atom is -0.452 e. The number of nitrogens with one attached hydrogen (secondary N) is 1. The Labute approximate surface area is 152 Å². The van der Waals surface area contributed by atoms with Gasteiger partial charge in [0.15, 0.2) is 6.61 Å². The SMILES string of the molecule is CCc1cccc(CC)c1NC(=O)COC(=O)/C=C/c1ccccc1F. The van der Waals surface area contributed by atoms with Crippen molar-refractivity contribution in [3.05, 3.63) is 71.0 Å². The van der Waals surface area contributed by atoms with Gasteiger partial charge in [-0.25, -0.2) is 9.18 Å². The predicted octanol–water partition coefficient (Wildman–Crippen LogP) is 4.15. The van der Waals surface area contributed by atoms with Gasteiger partial charge >= 0.3 is 5.97 Å². The Morgan fingerprint density at radius 1 is 1.04 bits per heavy atom. The first-order chi connectivity index (χ1) is 12.5. The van der Waals surface area contributed by atoms with Crippen molar-refractivity contribution in [3.8, 4) is 0 Å². The van der Waals surface area contributed by atoms with Crippen LogP contribution in [-0.4, -0.2) is 18.5 Å². The number of benzene rings is 2. The number of rotatable bonds is 7. The molecule has 0 saturated carbocycles. The van der Waals surface area contributed by atoms with E-state index in [1.54, 1.807) is 18.2 Å². The fraction of sp³-hybridized carbons (Fsp3) is 0.238. The van der Waals surface area contributed by atoms with E-state index in [9.17, 15) is 14.0 Å². The van der Waals surface area contributed by atoms with E-state index < -0.39 is 24.3 Å². The van der Waals surface area contributed by atoms with Crippen molar-refractivity contribution in [1.82, 2.24) is 0 Å². The maximum Gasteiger partial charge on any atom is 0.331 e. The Bertz CT molecular complexity index is 792. The molecule has 2 rings (SSSR count). The number of amides is 1. The van der Waals surface area contributed by atoms with Gasteiger partial charge in [-0.1, -0.05) is 50.2 Å². The molecule has 0 fully saturated rings. The molecule has 0 atom stereocenters. The number of carbonyl (C=O) groups is 2. The van der Waals surface area contributed by atoms with E-state index >= 15 is 0 Å². The zero-order chi connectivity index (χ0) is 18.9. The summed E-state index contributed by atoms with van der Waals surface area (Å²) in [6.45, 7) is 3.62.